The van der Waals surface area contributed by atoms with Gasteiger partial charge in [0, 0.05) is 43.3 Å². The zero-order chi connectivity index (χ0) is 23.9. The van der Waals surface area contributed by atoms with Gasteiger partial charge in [0.15, 0.2) is 5.69 Å². The minimum atomic E-state index is -1.20. The number of rotatable bonds is 10. The number of aromatic carboxylic acids is 1. The van der Waals surface area contributed by atoms with Crippen LogP contribution in [-0.4, -0.2) is 69.5 Å². The summed E-state index contributed by atoms with van der Waals surface area (Å²) in [5.74, 6) is -1.61. The van der Waals surface area contributed by atoms with Crippen molar-refractivity contribution in [3.63, 3.8) is 0 Å². The third kappa shape index (κ3) is 5.68. The van der Waals surface area contributed by atoms with Crippen molar-refractivity contribution in [2.45, 2.75) is 25.4 Å². The molecule has 0 saturated carbocycles. The van der Waals surface area contributed by atoms with Gasteiger partial charge in [-0.15, -0.1) is 0 Å². The Morgan fingerprint density at radius 1 is 1.21 bits per heavy atom. The molecule has 0 bridgehead atoms. The fraction of sp³-hybridized carbons (Fsp3) is 0.391. The molecule has 1 aliphatic rings. The van der Waals surface area contributed by atoms with Gasteiger partial charge in [0.25, 0.3) is 5.91 Å². The van der Waals surface area contributed by atoms with E-state index in [1.165, 1.54) is 0 Å². The quantitative estimate of drug-likeness (QED) is 0.383. The van der Waals surface area contributed by atoms with Crippen LogP contribution in [0.5, 0.6) is 0 Å². The molecule has 0 atom stereocenters. The number of carboxylic acid groups (broad SMARTS) is 1. The molecule has 1 amide bonds. The fourth-order valence-electron chi connectivity index (χ4n) is 3.79. The third-order valence-electron chi connectivity index (χ3n) is 5.57. The Morgan fingerprint density at radius 3 is 2.79 bits per heavy atom. The monoisotopic (exact) mass is 468 g/mol. The highest BCUT2D eigenvalue weighted by Crippen LogP contribution is 2.25. The lowest BCUT2D eigenvalue weighted by Crippen LogP contribution is -2.20. The molecule has 0 spiro atoms. The first-order valence-corrected chi connectivity index (χ1v) is 11.2. The minimum absolute atomic E-state index is 0.0399. The minimum Gasteiger partial charge on any atom is -0.476 e. The normalized spacial score (nSPS) is 14.3. The Kier molecular flexibility index (Phi) is 7.68. The van der Waals surface area contributed by atoms with E-state index in [2.05, 4.69) is 15.5 Å². The predicted octanol–water partition coefficient (Wildman–Crippen LogP) is 2.02. The standard InChI is InChI=1S/C23H28N6O5/c24-6-10-34-11-7-28-14-18(13-25-28)16-2-1-3-17(12-16)22(30)26-20-15-29(27-21(20)23(31)32)19-4-8-33-9-5-19/h1-3,12-15,19H,4-11,24H2,(H,26,30)(H,31,32). The SMILES string of the molecule is NCCOCCn1cc(-c2cccc(C(=O)Nc3cn(C4CCOCC4)nc3C(=O)O)c2)cn1. The van der Waals surface area contributed by atoms with E-state index in [-0.39, 0.29) is 17.4 Å². The summed E-state index contributed by atoms with van der Waals surface area (Å²) in [7, 11) is 0. The van der Waals surface area contributed by atoms with Gasteiger partial charge in [0.05, 0.1) is 37.7 Å². The fourth-order valence-corrected chi connectivity index (χ4v) is 3.79. The van der Waals surface area contributed by atoms with E-state index in [0.29, 0.717) is 45.1 Å². The number of nitrogens with two attached hydrogens (primary N) is 1. The largest absolute Gasteiger partial charge is 0.476 e. The highest BCUT2D eigenvalue weighted by molar-refractivity contribution is 6.07. The molecule has 11 nitrogen and oxygen atoms in total. The predicted molar refractivity (Wildman–Crippen MR) is 124 cm³/mol. The lowest BCUT2D eigenvalue weighted by Gasteiger charge is -2.22. The highest BCUT2D eigenvalue weighted by Gasteiger charge is 2.23. The number of hydrogen-bond donors (Lipinski definition) is 3. The number of benzene rings is 1. The van der Waals surface area contributed by atoms with Crippen LogP contribution >= 0.6 is 0 Å². The number of aromatic nitrogens is 4. The van der Waals surface area contributed by atoms with Crippen LogP contribution < -0.4 is 11.1 Å². The molecule has 11 heteroatoms. The molecule has 3 aromatic rings. The van der Waals surface area contributed by atoms with Gasteiger partial charge in [-0.1, -0.05) is 12.1 Å². The van der Waals surface area contributed by atoms with Crippen molar-refractivity contribution < 1.29 is 24.2 Å². The van der Waals surface area contributed by atoms with Crippen LogP contribution in [0.25, 0.3) is 11.1 Å². The Hall–Kier alpha value is -3.54. The first-order chi connectivity index (χ1) is 16.5. The average Bonchev–Trinajstić information content (AvgIpc) is 3.50. The summed E-state index contributed by atoms with van der Waals surface area (Å²) in [6.45, 7) is 3.27. The number of ether oxygens (including phenoxy) is 2. The maximum atomic E-state index is 13.0. The number of nitrogens with zero attached hydrogens (tertiary/aromatic N) is 4. The van der Waals surface area contributed by atoms with Crippen LogP contribution in [0, 0.1) is 0 Å². The smallest absolute Gasteiger partial charge is 0.358 e. The lowest BCUT2D eigenvalue weighted by molar-refractivity contribution is 0.0645. The van der Waals surface area contributed by atoms with E-state index in [1.807, 2.05) is 12.3 Å². The van der Waals surface area contributed by atoms with Gasteiger partial charge in [0.1, 0.15) is 0 Å². The molecule has 0 aliphatic carbocycles. The molecule has 3 heterocycles. The molecule has 34 heavy (non-hydrogen) atoms. The second-order valence-corrected chi connectivity index (χ2v) is 7.95. The molecule has 1 aliphatic heterocycles. The van der Waals surface area contributed by atoms with E-state index in [0.717, 1.165) is 24.0 Å². The van der Waals surface area contributed by atoms with Crippen LogP contribution in [0.3, 0.4) is 0 Å². The van der Waals surface area contributed by atoms with Crippen molar-refractivity contribution in [2.75, 3.05) is 38.3 Å². The summed E-state index contributed by atoms with van der Waals surface area (Å²) in [4.78, 5) is 24.7. The Balaban J connectivity index is 1.47. The first kappa shape index (κ1) is 23.6. The molecule has 1 saturated heterocycles. The van der Waals surface area contributed by atoms with E-state index in [9.17, 15) is 14.7 Å². The number of amides is 1. The van der Waals surface area contributed by atoms with Crippen molar-refractivity contribution in [3.8, 4) is 11.1 Å². The van der Waals surface area contributed by atoms with E-state index < -0.39 is 11.9 Å². The number of nitrogens with one attached hydrogen (secondary N) is 1. The molecular weight excluding hydrogens is 440 g/mol. The van der Waals surface area contributed by atoms with Crippen molar-refractivity contribution in [2.24, 2.45) is 5.73 Å². The maximum Gasteiger partial charge on any atom is 0.358 e. The van der Waals surface area contributed by atoms with Crippen molar-refractivity contribution >= 4 is 17.6 Å². The van der Waals surface area contributed by atoms with Crippen LogP contribution in [0.4, 0.5) is 5.69 Å². The van der Waals surface area contributed by atoms with Crippen molar-refractivity contribution in [1.82, 2.24) is 19.6 Å². The average molecular weight is 469 g/mol. The zero-order valence-electron chi connectivity index (χ0n) is 18.7. The molecule has 2 aromatic heterocycles. The van der Waals surface area contributed by atoms with Crippen molar-refractivity contribution in [1.29, 1.82) is 0 Å². The molecule has 1 fully saturated rings. The molecule has 1 aromatic carbocycles. The van der Waals surface area contributed by atoms with Crippen LogP contribution in [0.1, 0.15) is 39.7 Å². The summed E-state index contributed by atoms with van der Waals surface area (Å²) in [5.41, 5.74) is 7.46. The van der Waals surface area contributed by atoms with Gasteiger partial charge in [-0.25, -0.2) is 4.79 Å². The van der Waals surface area contributed by atoms with Crippen molar-refractivity contribution in [3.05, 3.63) is 54.1 Å². The van der Waals surface area contributed by atoms with Gasteiger partial charge in [-0.3, -0.25) is 14.2 Å². The van der Waals surface area contributed by atoms with Crippen LogP contribution in [0.2, 0.25) is 0 Å². The number of anilines is 1. The number of carbonyl (C=O) groups is 2. The number of carbonyl (C=O) groups excluding carboxylic acids is 1. The Morgan fingerprint density at radius 2 is 2.03 bits per heavy atom. The third-order valence-corrected chi connectivity index (χ3v) is 5.57. The van der Waals surface area contributed by atoms with Gasteiger partial charge >= 0.3 is 5.97 Å². The Labute approximate surface area is 196 Å². The number of carboxylic acids is 1. The molecule has 180 valence electrons. The second-order valence-electron chi connectivity index (χ2n) is 7.95. The van der Waals surface area contributed by atoms with Gasteiger partial charge < -0.3 is 25.6 Å². The summed E-state index contributed by atoms with van der Waals surface area (Å²) < 4.78 is 14.1. The lowest BCUT2D eigenvalue weighted by atomic mass is 10.1. The maximum absolute atomic E-state index is 13.0. The second kappa shape index (κ2) is 11.1. The summed E-state index contributed by atoms with van der Waals surface area (Å²) in [6, 6.07) is 7.11. The highest BCUT2D eigenvalue weighted by atomic mass is 16.5. The van der Waals surface area contributed by atoms with Crippen LogP contribution in [-0.2, 0) is 16.0 Å². The summed E-state index contributed by atoms with van der Waals surface area (Å²) in [6.07, 6.45) is 6.66. The Bertz CT molecular complexity index is 1130. The summed E-state index contributed by atoms with van der Waals surface area (Å²) in [5, 5.41) is 20.8. The first-order valence-electron chi connectivity index (χ1n) is 11.2. The van der Waals surface area contributed by atoms with E-state index in [4.69, 9.17) is 15.2 Å². The topological polar surface area (TPSA) is 147 Å². The van der Waals surface area contributed by atoms with Gasteiger partial charge in [-0.05, 0) is 30.5 Å². The number of hydrogen-bond acceptors (Lipinski definition) is 7. The van der Waals surface area contributed by atoms with Crippen LogP contribution in [0.15, 0.2) is 42.9 Å². The van der Waals surface area contributed by atoms with Gasteiger partial charge in [0.2, 0.25) is 0 Å². The zero-order valence-corrected chi connectivity index (χ0v) is 18.7. The molecule has 4 N–H and O–H groups in total. The summed E-state index contributed by atoms with van der Waals surface area (Å²) >= 11 is 0. The molecular formula is C23H28N6O5. The molecule has 4 rings (SSSR count). The van der Waals surface area contributed by atoms with E-state index >= 15 is 0 Å². The van der Waals surface area contributed by atoms with Gasteiger partial charge in [-0.2, -0.15) is 10.2 Å². The van der Waals surface area contributed by atoms with E-state index in [1.54, 1.807) is 40.0 Å². The molecule has 0 radical (unpaired) electrons. The molecule has 0 unspecified atom stereocenters.